The zero-order valence-electron chi connectivity index (χ0n) is 16.2. The molecule has 0 spiro atoms. The van der Waals surface area contributed by atoms with Crippen LogP contribution in [0.1, 0.15) is 11.3 Å². The number of ether oxygens (including phenoxy) is 1. The average molecular weight is 527 g/mol. The van der Waals surface area contributed by atoms with Crippen molar-refractivity contribution in [2.45, 2.75) is 6.92 Å². The maximum absolute atomic E-state index is 6.60. The molecule has 1 aromatic heterocycles. The van der Waals surface area contributed by atoms with E-state index in [9.17, 15) is 0 Å². The van der Waals surface area contributed by atoms with Gasteiger partial charge in [-0.1, -0.05) is 0 Å². The number of aromatic nitrogens is 2. The van der Waals surface area contributed by atoms with Crippen LogP contribution in [0.5, 0.6) is 11.5 Å². The van der Waals surface area contributed by atoms with Crippen LogP contribution in [0.4, 0.5) is 11.4 Å². The van der Waals surface area contributed by atoms with Crippen molar-refractivity contribution in [1.82, 2.24) is 14.5 Å². The Labute approximate surface area is 202 Å². The van der Waals surface area contributed by atoms with Gasteiger partial charge in [0.2, 0.25) is 0 Å². The Kier molecular flexibility index (Phi) is 8.34. The first-order valence-corrected chi connectivity index (χ1v) is 10.2. The van der Waals surface area contributed by atoms with E-state index in [0.29, 0.717) is 28.3 Å². The first kappa shape index (κ1) is 24.7. The van der Waals surface area contributed by atoms with Crippen LogP contribution < -0.4 is 19.4 Å². The number of rotatable bonds is 5. The Bertz CT molecular complexity index is 1080. The van der Waals surface area contributed by atoms with Gasteiger partial charge in [-0.15, -0.1) is 24.8 Å². The van der Waals surface area contributed by atoms with E-state index in [4.69, 9.17) is 22.1 Å². The SMILES string of the molecule is Cc1cccc(Oc2ccc([N+]3(CCN)C=Cc4ncnc([As])c43)cc2Cl)c1.Cl.Cl. The fourth-order valence-electron chi connectivity index (χ4n) is 3.52. The molecule has 0 fully saturated rings. The van der Waals surface area contributed by atoms with Crippen molar-refractivity contribution in [1.29, 1.82) is 0 Å². The normalized spacial score (nSPS) is 16.4. The molecule has 3 aromatic rings. The average Bonchev–Trinajstić information content (AvgIpc) is 3.05. The number of quaternary nitrogens is 1. The number of nitrogens with zero attached hydrogens (tertiary/aromatic N) is 3. The van der Waals surface area contributed by atoms with Gasteiger partial charge in [0.05, 0.1) is 0 Å². The molecule has 1 unspecified atom stereocenters. The summed E-state index contributed by atoms with van der Waals surface area (Å²) in [5.74, 6) is 1.37. The zero-order valence-corrected chi connectivity index (χ0v) is 20.4. The summed E-state index contributed by atoms with van der Waals surface area (Å²) in [6, 6.07) is 13.7. The first-order chi connectivity index (χ1) is 13.5. The number of hydrogen-bond acceptors (Lipinski definition) is 4. The predicted molar refractivity (Wildman–Crippen MR) is 129 cm³/mol. The zero-order chi connectivity index (χ0) is 19.7. The predicted octanol–water partition coefficient (Wildman–Crippen LogP) is 4.45. The Hall–Kier alpha value is -1.59. The van der Waals surface area contributed by atoms with Gasteiger partial charge in [0, 0.05) is 0 Å². The molecular formula is C21H21AsCl3N4O+. The molecule has 30 heavy (non-hydrogen) atoms. The van der Waals surface area contributed by atoms with Crippen LogP contribution in [0.15, 0.2) is 55.0 Å². The topological polar surface area (TPSA) is 61.0 Å². The van der Waals surface area contributed by atoms with Crippen LogP contribution in [0.25, 0.3) is 6.08 Å². The summed E-state index contributed by atoms with van der Waals surface area (Å²) < 4.78 is 7.28. The van der Waals surface area contributed by atoms with Crippen LogP contribution in [-0.4, -0.2) is 39.9 Å². The monoisotopic (exact) mass is 525 g/mol. The second kappa shape index (κ2) is 10.1. The van der Waals surface area contributed by atoms with Gasteiger partial charge >= 0.3 is 178 Å². The Morgan fingerprint density at radius 1 is 1.13 bits per heavy atom. The second-order valence-corrected chi connectivity index (χ2v) is 7.96. The molecule has 1 aliphatic rings. The number of halogens is 3. The molecule has 156 valence electrons. The summed E-state index contributed by atoms with van der Waals surface area (Å²) in [7, 11) is 0. The van der Waals surface area contributed by atoms with Crippen LogP contribution >= 0.6 is 36.4 Å². The molecule has 2 radical (unpaired) electrons. The summed E-state index contributed by atoms with van der Waals surface area (Å²) >= 11 is 9.12. The van der Waals surface area contributed by atoms with Crippen molar-refractivity contribution in [2.75, 3.05) is 13.1 Å². The van der Waals surface area contributed by atoms with Gasteiger partial charge in [-0.3, -0.25) is 0 Å². The summed E-state index contributed by atoms with van der Waals surface area (Å²) in [5.41, 5.74) is 10.00. The summed E-state index contributed by atoms with van der Waals surface area (Å²) in [5, 5.41) is 0.541. The molecule has 0 saturated carbocycles. The smallest absolute Gasteiger partial charge is 0.147 e. The van der Waals surface area contributed by atoms with Crippen LogP contribution in [-0.2, 0) is 0 Å². The molecule has 0 saturated heterocycles. The van der Waals surface area contributed by atoms with Gasteiger partial charge in [0.1, 0.15) is 0 Å². The van der Waals surface area contributed by atoms with Crippen LogP contribution in [0.2, 0.25) is 5.02 Å². The van der Waals surface area contributed by atoms with Gasteiger partial charge in [-0.25, -0.2) is 0 Å². The number of aryl methyl sites for hydroxylation is 1. The Balaban J connectivity index is 0.00000160. The molecule has 5 nitrogen and oxygen atoms in total. The van der Waals surface area contributed by atoms with E-state index in [1.54, 1.807) is 6.33 Å². The molecule has 1 atom stereocenters. The van der Waals surface area contributed by atoms with Crippen molar-refractivity contribution in [2.24, 2.45) is 5.73 Å². The summed E-state index contributed by atoms with van der Waals surface area (Å²) in [4.78, 5) is 8.77. The number of nitrogens with two attached hydrogens (primary N) is 1. The molecule has 0 bridgehead atoms. The molecule has 1 aliphatic heterocycles. The van der Waals surface area contributed by atoms with Gasteiger partial charge in [-0.05, 0) is 0 Å². The van der Waals surface area contributed by atoms with E-state index in [1.165, 1.54) is 0 Å². The largest absolute Gasteiger partial charge is 0.147 e. The third-order valence-corrected chi connectivity index (χ3v) is 5.77. The van der Waals surface area contributed by atoms with Crippen LogP contribution in [0, 0.1) is 6.92 Å². The van der Waals surface area contributed by atoms with E-state index in [1.807, 2.05) is 55.5 Å². The molecule has 0 amide bonds. The molecule has 0 aliphatic carbocycles. The van der Waals surface area contributed by atoms with E-state index in [0.717, 1.165) is 32.9 Å². The summed E-state index contributed by atoms with van der Waals surface area (Å²) in [6.45, 7) is 3.21. The van der Waals surface area contributed by atoms with Crippen molar-refractivity contribution >= 4 is 75.2 Å². The van der Waals surface area contributed by atoms with Crippen molar-refractivity contribution in [3.63, 3.8) is 0 Å². The fourth-order valence-corrected chi connectivity index (χ4v) is 4.46. The molecule has 2 N–H and O–H groups in total. The minimum Gasteiger partial charge on any atom is -0.147 e. The first-order valence-electron chi connectivity index (χ1n) is 8.90. The van der Waals surface area contributed by atoms with E-state index < -0.39 is 0 Å². The molecule has 9 heteroatoms. The Morgan fingerprint density at radius 3 is 2.63 bits per heavy atom. The third kappa shape index (κ3) is 4.52. The van der Waals surface area contributed by atoms with Gasteiger partial charge in [0.25, 0.3) is 0 Å². The quantitative estimate of drug-likeness (QED) is 0.394. The van der Waals surface area contributed by atoms with E-state index >= 15 is 0 Å². The van der Waals surface area contributed by atoms with Gasteiger partial charge in [-0.2, -0.15) is 0 Å². The maximum atomic E-state index is 6.60. The van der Waals surface area contributed by atoms with Crippen molar-refractivity contribution in [3.8, 4) is 11.5 Å². The van der Waals surface area contributed by atoms with Crippen molar-refractivity contribution < 1.29 is 4.74 Å². The Morgan fingerprint density at radius 2 is 1.93 bits per heavy atom. The van der Waals surface area contributed by atoms with Crippen LogP contribution in [0.3, 0.4) is 0 Å². The third-order valence-electron chi connectivity index (χ3n) is 4.79. The minimum absolute atomic E-state index is 0. The number of hydrogen-bond donors (Lipinski definition) is 1. The maximum Gasteiger partial charge on any atom is -0.147 e. The fraction of sp³-hybridized carbons (Fsp3) is 0.143. The van der Waals surface area contributed by atoms with Gasteiger partial charge in [0.15, 0.2) is 0 Å². The van der Waals surface area contributed by atoms with E-state index in [-0.39, 0.29) is 24.8 Å². The molecule has 2 aromatic carbocycles. The second-order valence-electron chi connectivity index (χ2n) is 6.66. The molecule has 4 rings (SSSR count). The van der Waals surface area contributed by atoms with E-state index in [2.05, 4.69) is 33.0 Å². The number of benzene rings is 2. The number of fused-ring (bicyclic) bond motifs is 1. The molecule has 2 heterocycles. The van der Waals surface area contributed by atoms with Gasteiger partial charge < -0.3 is 0 Å². The minimum atomic E-state index is 0. The van der Waals surface area contributed by atoms with Crippen molar-refractivity contribution in [3.05, 3.63) is 71.3 Å². The molecular weight excluding hydrogens is 506 g/mol. The standard InChI is InChI=1S/C21H19AsClN4O.2ClH/c1-14-3-2-4-16(11-14)28-19-6-5-15(12-17(19)23)27(10-8-24)9-7-18-20(27)21(22)26-13-25-18;;/h2-7,9,11-13H,8,10,24H2,1H3;2*1H/q+1;;. The summed E-state index contributed by atoms with van der Waals surface area (Å²) in [6.07, 6.45) is 5.68.